The van der Waals surface area contributed by atoms with Crippen molar-refractivity contribution in [2.45, 2.75) is 38.2 Å². The Bertz CT molecular complexity index is 924. The Morgan fingerprint density at radius 1 is 1.23 bits per heavy atom. The zero-order chi connectivity index (χ0) is 21.1. The van der Waals surface area contributed by atoms with E-state index in [1.807, 2.05) is 29.6 Å². The summed E-state index contributed by atoms with van der Waals surface area (Å²) in [5.74, 6) is -0.565. The summed E-state index contributed by atoms with van der Waals surface area (Å²) in [6, 6.07) is 7.85. The first kappa shape index (κ1) is 21.1. The summed E-state index contributed by atoms with van der Waals surface area (Å²) in [7, 11) is 0. The number of benzene rings is 1. The van der Waals surface area contributed by atoms with E-state index in [2.05, 4.69) is 20.9 Å². The topological polar surface area (TPSA) is 79.8 Å². The van der Waals surface area contributed by atoms with E-state index in [1.54, 1.807) is 4.90 Å². The molecule has 0 saturated carbocycles. The molecule has 2 saturated heterocycles. The third-order valence-corrected chi connectivity index (χ3v) is 6.67. The zero-order valence-electron chi connectivity index (χ0n) is 16.4. The number of hydrogen-bond acceptors (Lipinski definition) is 6. The number of carbonyl (C=O) groups is 3. The minimum absolute atomic E-state index is 0.0240. The lowest BCUT2D eigenvalue weighted by atomic mass is 10.2. The molecule has 158 valence electrons. The highest BCUT2D eigenvalue weighted by Crippen LogP contribution is 2.30. The molecular formula is C21H22BrN3O4S. The molecular weight excluding hydrogens is 470 g/mol. The molecule has 0 bridgehead atoms. The second-order valence-corrected chi connectivity index (χ2v) is 9.10. The molecule has 7 nitrogen and oxygen atoms in total. The number of nitrogens with zero attached hydrogens (tertiary/aromatic N) is 3. The van der Waals surface area contributed by atoms with Crippen LogP contribution in [0.1, 0.15) is 32.1 Å². The number of thiazole rings is 1. The fourth-order valence-corrected chi connectivity index (χ4v) is 4.76. The van der Waals surface area contributed by atoms with Crippen molar-refractivity contribution in [1.82, 2.24) is 9.88 Å². The van der Waals surface area contributed by atoms with Gasteiger partial charge in [0.05, 0.1) is 18.3 Å². The van der Waals surface area contributed by atoms with Gasteiger partial charge in [-0.2, -0.15) is 0 Å². The number of anilines is 1. The van der Waals surface area contributed by atoms with Crippen LogP contribution in [-0.4, -0.2) is 53.4 Å². The quantitative estimate of drug-likeness (QED) is 0.552. The predicted molar refractivity (Wildman–Crippen MR) is 117 cm³/mol. The van der Waals surface area contributed by atoms with Crippen molar-refractivity contribution in [3.05, 3.63) is 34.1 Å². The van der Waals surface area contributed by atoms with Crippen LogP contribution in [0.3, 0.4) is 0 Å². The first-order valence-electron chi connectivity index (χ1n) is 9.98. The Hall–Kier alpha value is -2.10. The van der Waals surface area contributed by atoms with Crippen LogP contribution < -0.4 is 4.90 Å². The Morgan fingerprint density at radius 3 is 2.63 bits per heavy atom. The summed E-state index contributed by atoms with van der Waals surface area (Å²) < 4.78 is 6.72. The number of imide groups is 1. The molecule has 2 aliphatic rings. The van der Waals surface area contributed by atoms with E-state index in [0.717, 1.165) is 28.6 Å². The first-order valence-corrected chi connectivity index (χ1v) is 11.6. The maximum atomic E-state index is 13.1. The summed E-state index contributed by atoms with van der Waals surface area (Å²) in [6.45, 7) is 1.24. The van der Waals surface area contributed by atoms with Crippen LogP contribution in [0.4, 0.5) is 5.13 Å². The molecule has 3 heterocycles. The van der Waals surface area contributed by atoms with Gasteiger partial charge in [0, 0.05) is 47.8 Å². The molecule has 0 N–H and O–H groups in total. The maximum absolute atomic E-state index is 13.1. The fraction of sp³-hybridized carbons (Fsp3) is 0.429. The molecule has 0 unspecified atom stereocenters. The van der Waals surface area contributed by atoms with Crippen molar-refractivity contribution in [3.63, 3.8) is 0 Å². The first-order chi connectivity index (χ1) is 14.5. The molecule has 2 aliphatic heterocycles. The van der Waals surface area contributed by atoms with Crippen molar-refractivity contribution in [2.75, 3.05) is 24.6 Å². The van der Waals surface area contributed by atoms with Crippen molar-refractivity contribution >= 4 is 50.1 Å². The second-order valence-electron chi connectivity index (χ2n) is 7.35. The fourth-order valence-electron chi connectivity index (χ4n) is 3.63. The minimum atomic E-state index is -0.203. The highest BCUT2D eigenvalue weighted by atomic mass is 79.9. The van der Waals surface area contributed by atoms with E-state index in [4.69, 9.17) is 4.74 Å². The SMILES string of the molecule is O=C1CCC(=O)N1CCC(=O)N(C[C@H]1CCCO1)c1nc(-c2ccc(Br)cc2)cs1. The van der Waals surface area contributed by atoms with Gasteiger partial charge in [0.1, 0.15) is 0 Å². The van der Waals surface area contributed by atoms with E-state index >= 15 is 0 Å². The van der Waals surface area contributed by atoms with Crippen LogP contribution in [0.2, 0.25) is 0 Å². The lowest BCUT2D eigenvalue weighted by Gasteiger charge is -2.24. The molecule has 9 heteroatoms. The standard InChI is InChI=1S/C21H22BrN3O4S/c22-15-5-3-14(4-6-15)17-13-30-21(23-17)25(12-16-2-1-11-29-16)20(28)9-10-24-18(26)7-8-19(24)27/h3-6,13,16H,1-2,7-12H2/t16-/m1/s1. The molecule has 1 aromatic heterocycles. The molecule has 0 aliphatic carbocycles. The number of carbonyl (C=O) groups excluding carboxylic acids is 3. The van der Waals surface area contributed by atoms with Gasteiger partial charge in [0.15, 0.2) is 5.13 Å². The van der Waals surface area contributed by atoms with E-state index < -0.39 is 0 Å². The van der Waals surface area contributed by atoms with Crippen LogP contribution >= 0.6 is 27.3 Å². The molecule has 2 fully saturated rings. The van der Waals surface area contributed by atoms with Gasteiger partial charge in [-0.05, 0) is 25.0 Å². The number of amides is 3. The average Bonchev–Trinajstić information content (AvgIpc) is 3.48. The van der Waals surface area contributed by atoms with Gasteiger partial charge >= 0.3 is 0 Å². The van der Waals surface area contributed by atoms with Crippen molar-refractivity contribution in [3.8, 4) is 11.3 Å². The number of halogens is 1. The van der Waals surface area contributed by atoms with Crippen LogP contribution in [-0.2, 0) is 19.1 Å². The van der Waals surface area contributed by atoms with Crippen LogP contribution in [0.5, 0.6) is 0 Å². The number of likely N-dealkylation sites (tertiary alicyclic amines) is 1. The molecule has 4 rings (SSSR count). The average molecular weight is 492 g/mol. The van der Waals surface area contributed by atoms with E-state index in [1.165, 1.54) is 16.2 Å². The molecule has 0 spiro atoms. The van der Waals surface area contributed by atoms with Gasteiger partial charge in [0.25, 0.3) is 0 Å². The molecule has 2 aromatic rings. The van der Waals surface area contributed by atoms with Gasteiger partial charge in [-0.15, -0.1) is 11.3 Å². The molecule has 30 heavy (non-hydrogen) atoms. The van der Waals surface area contributed by atoms with Gasteiger partial charge < -0.3 is 4.74 Å². The normalized spacial score (nSPS) is 19.0. The van der Waals surface area contributed by atoms with Gasteiger partial charge in [-0.1, -0.05) is 28.1 Å². The second kappa shape index (κ2) is 9.36. The Balaban J connectivity index is 1.50. The number of rotatable bonds is 7. The number of ether oxygens (including phenoxy) is 1. The highest BCUT2D eigenvalue weighted by molar-refractivity contribution is 9.10. The molecule has 1 atom stereocenters. The minimum Gasteiger partial charge on any atom is -0.376 e. The molecule has 3 amide bonds. The zero-order valence-corrected chi connectivity index (χ0v) is 18.8. The maximum Gasteiger partial charge on any atom is 0.230 e. The van der Waals surface area contributed by atoms with Gasteiger partial charge in [0.2, 0.25) is 17.7 Å². The summed E-state index contributed by atoms with van der Waals surface area (Å²) in [5, 5.41) is 2.54. The Labute approximate surface area is 187 Å². The van der Waals surface area contributed by atoms with Crippen LogP contribution in [0, 0.1) is 0 Å². The highest BCUT2D eigenvalue weighted by Gasteiger charge is 2.31. The lowest BCUT2D eigenvalue weighted by molar-refractivity contribution is -0.138. The Kier molecular flexibility index (Phi) is 6.60. The van der Waals surface area contributed by atoms with Gasteiger partial charge in [-0.3, -0.25) is 24.2 Å². The molecule has 1 aromatic carbocycles. The summed E-state index contributed by atoms with van der Waals surface area (Å²) in [6.07, 6.45) is 2.40. The number of hydrogen-bond donors (Lipinski definition) is 0. The van der Waals surface area contributed by atoms with E-state index in [0.29, 0.717) is 18.3 Å². The third kappa shape index (κ3) is 4.79. The predicted octanol–water partition coefficient (Wildman–Crippen LogP) is 3.62. The van der Waals surface area contributed by atoms with Crippen LogP contribution in [0.15, 0.2) is 34.1 Å². The summed E-state index contributed by atoms with van der Waals surface area (Å²) in [5.41, 5.74) is 1.77. The van der Waals surface area contributed by atoms with Crippen LogP contribution in [0.25, 0.3) is 11.3 Å². The Morgan fingerprint density at radius 2 is 1.97 bits per heavy atom. The van der Waals surface area contributed by atoms with E-state index in [-0.39, 0.29) is 49.6 Å². The van der Waals surface area contributed by atoms with E-state index in [9.17, 15) is 14.4 Å². The lowest BCUT2D eigenvalue weighted by Crippen LogP contribution is -2.40. The van der Waals surface area contributed by atoms with Crippen molar-refractivity contribution in [2.24, 2.45) is 0 Å². The summed E-state index contributed by atoms with van der Waals surface area (Å²) in [4.78, 5) is 44.3. The smallest absolute Gasteiger partial charge is 0.230 e. The van der Waals surface area contributed by atoms with Crippen molar-refractivity contribution in [1.29, 1.82) is 0 Å². The van der Waals surface area contributed by atoms with Gasteiger partial charge in [-0.25, -0.2) is 4.98 Å². The number of aromatic nitrogens is 1. The monoisotopic (exact) mass is 491 g/mol. The van der Waals surface area contributed by atoms with Crippen molar-refractivity contribution < 1.29 is 19.1 Å². The summed E-state index contributed by atoms with van der Waals surface area (Å²) >= 11 is 4.84. The largest absolute Gasteiger partial charge is 0.376 e. The molecule has 0 radical (unpaired) electrons. The third-order valence-electron chi connectivity index (χ3n) is 5.28.